The van der Waals surface area contributed by atoms with E-state index in [1.165, 1.54) is 18.5 Å². The number of rotatable bonds is 4. The van der Waals surface area contributed by atoms with Gasteiger partial charge in [-0.15, -0.1) is 0 Å². The molecule has 0 saturated carbocycles. The Labute approximate surface area is 90.9 Å². The Balaban J connectivity index is 0.00000144. The highest BCUT2D eigenvalue weighted by Gasteiger charge is 2.03. The van der Waals surface area contributed by atoms with Gasteiger partial charge in [0.2, 0.25) is 0 Å². The molecule has 1 aromatic rings. The van der Waals surface area contributed by atoms with Crippen molar-refractivity contribution in [2.45, 2.75) is 26.2 Å². The summed E-state index contributed by atoms with van der Waals surface area (Å²) in [6.45, 7) is 6.22. The van der Waals surface area contributed by atoms with Crippen LogP contribution in [0.5, 0.6) is 0 Å². The van der Waals surface area contributed by atoms with Crippen LogP contribution >= 0.6 is 0 Å². The number of unbranched alkanes of at least 4 members (excludes halogenated alkanes) is 1. The number of hydrogen-bond acceptors (Lipinski definition) is 0. The third-order valence-corrected chi connectivity index (χ3v) is 1.90. The summed E-state index contributed by atoms with van der Waals surface area (Å²) in [4.78, 5) is 0. The molecule has 1 rings (SSSR count). The van der Waals surface area contributed by atoms with E-state index in [1.54, 1.807) is 0 Å². The van der Waals surface area contributed by atoms with E-state index in [9.17, 15) is 0 Å². The summed E-state index contributed by atoms with van der Waals surface area (Å²) in [6, 6.07) is 6.07. The van der Waals surface area contributed by atoms with Crippen LogP contribution in [0, 0.1) is 0 Å². The van der Waals surface area contributed by atoms with Gasteiger partial charge in [-0.05, 0) is 13.0 Å². The molecule has 0 bridgehead atoms. The van der Waals surface area contributed by atoms with E-state index in [4.69, 9.17) is 0 Å². The minimum Gasteiger partial charge on any atom is -1.00 e. The van der Waals surface area contributed by atoms with Gasteiger partial charge in [-0.3, -0.25) is 0 Å². The van der Waals surface area contributed by atoms with E-state index in [0.29, 0.717) is 0 Å². The van der Waals surface area contributed by atoms with Gasteiger partial charge in [0.1, 0.15) is 0 Å². The molecule has 0 amide bonds. The molecule has 72 valence electrons. The summed E-state index contributed by atoms with van der Waals surface area (Å²) >= 11 is 0. The molecule has 0 radical (unpaired) electrons. The summed E-state index contributed by atoms with van der Waals surface area (Å²) in [5, 5.41) is 0. The first-order valence-electron chi connectivity index (χ1n) is 4.49. The van der Waals surface area contributed by atoms with Crippen molar-refractivity contribution in [1.82, 2.24) is 0 Å². The minimum atomic E-state index is 0. The van der Waals surface area contributed by atoms with Gasteiger partial charge in [0.25, 0.3) is 0 Å². The molecular weight excluding hydrogens is 226 g/mol. The highest BCUT2D eigenvalue weighted by molar-refractivity contribution is 5.26. The van der Waals surface area contributed by atoms with Crippen LogP contribution in [-0.4, -0.2) is 0 Å². The zero-order valence-corrected chi connectivity index (χ0v) is 9.63. The Kier molecular flexibility index (Phi) is 6.51. The second-order valence-electron chi connectivity index (χ2n) is 2.95. The lowest BCUT2D eigenvalue weighted by molar-refractivity contribution is -0.583. The largest absolute Gasteiger partial charge is 1.00 e. The van der Waals surface area contributed by atoms with Crippen molar-refractivity contribution in [2.75, 3.05) is 0 Å². The maximum Gasteiger partial charge on any atom is 0.179 e. The summed E-state index contributed by atoms with van der Waals surface area (Å²) in [5.74, 6) is 0. The van der Waals surface area contributed by atoms with E-state index in [-0.39, 0.29) is 17.0 Å². The summed E-state index contributed by atoms with van der Waals surface area (Å²) in [6.07, 6.45) is 7.62. The molecule has 0 fully saturated rings. The third kappa shape index (κ3) is 4.23. The highest BCUT2D eigenvalue weighted by atomic mass is 79.9. The Hall–Kier alpha value is -0.630. The zero-order valence-electron chi connectivity index (χ0n) is 8.04. The van der Waals surface area contributed by atoms with Crippen LogP contribution in [0.2, 0.25) is 0 Å². The van der Waals surface area contributed by atoms with E-state index in [0.717, 1.165) is 6.42 Å². The Morgan fingerprint density at radius 1 is 1.23 bits per heavy atom. The van der Waals surface area contributed by atoms with E-state index in [2.05, 4.69) is 18.1 Å². The van der Waals surface area contributed by atoms with Crippen LogP contribution < -0.4 is 21.5 Å². The van der Waals surface area contributed by atoms with Crippen molar-refractivity contribution in [2.24, 2.45) is 0 Å². The average Bonchev–Trinajstić information content (AvgIpc) is 2.15. The number of nitrogens with zero attached hydrogens (tertiary/aromatic N) is 1. The molecule has 1 nitrogen and oxygen atoms in total. The Morgan fingerprint density at radius 3 is 2.38 bits per heavy atom. The average molecular weight is 242 g/mol. The van der Waals surface area contributed by atoms with Crippen molar-refractivity contribution >= 4 is 5.70 Å². The van der Waals surface area contributed by atoms with Gasteiger partial charge in [-0.2, -0.15) is 4.57 Å². The van der Waals surface area contributed by atoms with Crippen LogP contribution in [-0.2, 0) is 0 Å². The first-order chi connectivity index (χ1) is 5.84. The maximum atomic E-state index is 4.03. The molecule has 0 aromatic carbocycles. The smallest absolute Gasteiger partial charge is 0.179 e. The van der Waals surface area contributed by atoms with Crippen LogP contribution in [0.1, 0.15) is 26.2 Å². The number of hydrogen-bond donors (Lipinski definition) is 0. The maximum absolute atomic E-state index is 4.03. The molecular formula is C11H16BrN. The summed E-state index contributed by atoms with van der Waals surface area (Å²) in [7, 11) is 0. The van der Waals surface area contributed by atoms with Crippen molar-refractivity contribution in [3.8, 4) is 0 Å². The van der Waals surface area contributed by atoms with Crippen LogP contribution in [0.15, 0.2) is 37.2 Å². The summed E-state index contributed by atoms with van der Waals surface area (Å²) in [5.41, 5.74) is 1.18. The normalized spacial score (nSPS) is 9.00. The zero-order chi connectivity index (χ0) is 8.81. The lowest BCUT2D eigenvalue weighted by Crippen LogP contribution is -3.00. The predicted octanol–water partition coefficient (Wildman–Crippen LogP) is -0.361. The molecule has 0 N–H and O–H groups in total. The third-order valence-electron chi connectivity index (χ3n) is 1.90. The first-order valence-corrected chi connectivity index (χ1v) is 4.49. The molecule has 13 heavy (non-hydrogen) atoms. The molecule has 2 heteroatoms. The number of aromatic nitrogens is 1. The summed E-state index contributed by atoms with van der Waals surface area (Å²) < 4.78 is 2.08. The quantitative estimate of drug-likeness (QED) is 0.635. The van der Waals surface area contributed by atoms with Crippen LogP contribution in [0.4, 0.5) is 0 Å². The minimum absolute atomic E-state index is 0. The van der Waals surface area contributed by atoms with Gasteiger partial charge in [-0.1, -0.05) is 19.4 Å². The molecule has 0 aliphatic rings. The van der Waals surface area contributed by atoms with Gasteiger partial charge in [0, 0.05) is 18.6 Å². The van der Waals surface area contributed by atoms with Crippen LogP contribution in [0.25, 0.3) is 5.70 Å². The van der Waals surface area contributed by atoms with Gasteiger partial charge in [-0.25, -0.2) is 0 Å². The fourth-order valence-corrected chi connectivity index (χ4v) is 1.12. The first kappa shape index (κ1) is 12.4. The Bertz CT molecular complexity index is 244. The second-order valence-corrected chi connectivity index (χ2v) is 2.95. The topological polar surface area (TPSA) is 3.88 Å². The van der Waals surface area contributed by atoms with E-state index < -0.39 is 0 Å². The lowest BCUT2D eigenvalue weighted by Gasteiger charge is -1.97. The van der Waals surface area contributed by atoms with Gasteiger partial charge in [0.05, 0.1) is 0 Å². The van der Waals surface area contributed by atoms with Crippen molar-refractivity contribution < 1.29 is 21.5 Å². The molecule has 0 saturated heterocycles. The molecule has 0 spiro atoms. The Morgan fingerprint density at radius 2 is 1.85 bits per heavy atom. The van der Waals surface area contributed by atoms with Crippen molar-refractivity contribution in [3.63, 3.8) is 0 Å². The fraction of sp³-hybridized carbons (Fsp3) is 0.364. The second kappa shape index (κ2) is 6.84. The lowest BCUT2D eigenvalue weighted by atomic mass is 10.2. The van der Waals surface area contributed by atoms with Gasteiger partial charge >= 0.3 is 0 Å². The highest BCUT2D eigenvalue weighted by Crippen LogP contribution is 2.03. The van der Waals surface area contributed by atoms with E-state index >= 15 is 0 Å². The molecule has 0 atom stereocenters. The molecule has 1 aromatic heterocycles. The van der Waals surface area contributed by atoms with Crippen molar-refractivity contribution in [1.29, 1.82) is 0 Å². The van der Waals surface area contributed by atoms with E-state index in [1.807, 2.05) is 30.6 Å². The SMILES string of the molecule is C=C(CCCC)[n+]1ccccc1.[Br-]. The van der Waals surface area contributed by atoms with Gasteiger partial charge < -0.3 is 17.0 Å². The van der Waals surface area contributed by atoms with Gasteiger partial charge in [0.15, 0.2) is 18.1 Å². The monoisotopic (exact) mass is 241 g/mol. The predicted molar refractivity (Wildman–Crippen MR) is 51.5 cm³/mol. The molecule has 0 unspecified atom stereocenters. The molecule has 0 aliphatic carbocycles. The standard InChI is InChI=1S/C11H16N.BrH/c1-3-4-8-11(2)12-9-6-5-7-10-12;/h5-7,9-10H,2-4,8H2,1H3;1H/q+1;/p-1. The van der Waals surface area contributed by atoms with Crippen molar-refractivity contribution in [3.05, 3.63) is 37.2 Å². The number of halogens is 1. The van der Waals surface area contributed by atoms with Crippen LogP contribution in [0.3, 0.4) is 0 Å². The number of pyridine rings is 1. The number of allylic oxidation sites excluding steroid dienone is 1. The molecule has 0 aliphatic heterocycles. The molecule has 1 heterocycles. The fourth-order valence-electron chi connectivity index (χ4n) is 1.12.